The summed E-state index contributed by atoms with van der Waals surface area (Å²) in [7, 11) is 1.64. The Hall–Kier alpha value is -3.10. The molecule has 0 fully saturated rings. The van der Waals surface area contributed by atoms with E-state index in [-0.39, 0.29) is 0 Å². The van der Waals surface area contributed by atoms with Gasteiger partial charge in [0, 0.05) is 22.8 Å². The third-order valence-electron chi connectivity index (χ3n) is 3.68. The number of allylic oxidation sites excluding steroid dienone is 1. The monoisotopic (exact) mass is 347 g/mol. The second-order valence-electron chi connectivity index (χ2n) is 5.45. The Balaban J connectivity index is 1.79. The highest BCUT2D eigenvalue weighted by atomic mass is 32.1. The number of rotatable bonds is 5. The van der Waals surface area contributed by atoms with Crippen LogP contribution in [0.5, 0.6) is 5.75 Å². The van der Waals surface area contributed by atoms with Crippen LogP contribution in [0.4, 0.5) is 5.69 Å². The number of nitrogens with zero attached hydrogens (tertiary/aromatic N) is 2. The van der Waals surface area contributed by atoms with Gasteiger partial charge in [-0.3, -0.25) is 0 Å². The van der Waals surface area contributed by atoms with Gasteiger partial charge in [0.25, 0.3) is 0 Å². The Morgan fingerprint density at radius 3 is 2.52 bits per heavy atom. The highest BCUT2D eigenvalue weighted by molar-refractivity contribution is 7.11. The largest absolute Gasteiger partial charge is 0.497 e. The maximum Gasteiger partial charge on any atom is 0.136 e. The molecule has 2 aromatic carbocycles. The summed E-state index contributed by atoms with van der Waals surface area (Å²) in [4.78, 5) is 4.58. The standard InChI is InChI=1S/C20H17N3OS/c1-14-3-7-17(8-4-14)22-12-16(11-21)20-23-19(13-25-20)15-5-9-18(24-2)10-6-15/h3-10,12-13,22H,1-2H3/b16-12+. The molecule has 124 valence electrons. The number of nitriles is 1. The fourth-order valence-corrected chi connectivity index (χ4v) is 3.03. The molecule has 0 bridgehead atoms. The molecule has 3 rings (SSSR count). The molecule has 0 unspecified atom stereocenters. The second-order valence-corrected chi connectivity index (χ2v) is 6.30. The SMILES string of the molecule is COc1ccc(-c2csc(/C(C#N)=C/Nc3ccc(C)cc3)n2)cc1. The smallest absolute Gasteiger partial charge is 0.136 e. The summed E-state index contributed by atoms with van der Waals surface area (Å²) in [6.07, 6.45) is 1.70. The van der Waals surface area contributed by atoms with Gasteiger partial charge in [0.05, 0.1) is 12.8 Å². The average Bonchev–Trinajstić information content (AvgIpc) is 3.14. The van der Waals surface area contributed by atoms with Crippen molar-refractivity contribution >= 4 is 22.6 Å². The molecule has 0 radical (unpaired) electrons. The summed E-state index contributed by atoms with van der Waals surface area (Å²) < 4.78 is 5.17. The van der Waals surface area contributed by atoms with E-state index < -0.39 is 0 Å². The first-order valence-electron chi connectivity index (χ1n) is 7.73. The first-order valence-corrected chi connectivity index (χ1v) is 8.61. The van der Waals surface area contributed by atoms with E-state index in [1.54, 1.807) is 13.3 Å². The zero-order valence-electron chi connectivity index (χ0n) is 14.0. The molecule has 0 aliphatic rings. The third-order valence-corrected chi connectivity index (χ3v) is 4.55. The van der Waals surface area contributed by atoms with Crippen molar-refractivity contribution in [1.82, 2.24) is 4.98 Å². The van der Waals surface area contributed by atoms with Crippen molar-refractivity contribution in [1.29, 1.82) is 5.26 Å². The van der Waals surface area contributed by atoms with Crippen LogP contribution in [-0.4, -0.2) is 12.1 Å². The number of ether oxygens (including phenoxy) is 1. The van der Waals surface area contributed by atoms with Crippen molar-refractivity contribution in [3.63, 3.8) is 0 Å². The molecule has 5 heteroatoms. The van der Waals surface area contributed by atoms with Crippen LogP contribution in [0.15, 0.2) is 60.1 Å². The molecule has 0 saturated heterocycles. The van der Waals surface area contributed by atoms with E-state index in [4.69, 9.17) is 4.74 Å². The molecule has 0 amide bonds. The number of aryl methyl sites for hydroxylation is 1. The zero-order chi connectivity index (χ0) is 17.6. The number of hydrogen-bond donors (Lipinski definition) is 1. The van der Waals surface area contributed by atoms with Crippen LogP contribution in [0.25, 0.3) is 16.8 Å². The lowest BCUT2D eigenvalue weighted by molar-refractivity contribution is 0.415. The first-order chi connectivity index (χ1) is 12.2. The summed E-state index contributed by atoms with van der Waals surface area (Å²) in [5.41, 5.74) is 4.47. The van der Waals surface area contributed by atoms with Crippen LogP contribution < -0.4 is 10.1 Å². The normalized spacial score (nSPS) is 11.0. The molecule has 3 aromatic rings. The van der Waals surface area contributed by atoms with Crippen molar-refractivity contribution in [2.45, 2.75) is 6.92 Å². The van der Waals surface area contributed by atoms with Crippen molar-refractivity contribution in [2.75, 3.05) is 12.4 Å². The van der Waals surface area contributed by atoms with E-state index in [1.165, 1.54) is 16.9 Å². The van der Waals surface area contributed by atoms with Gasteiger partial charge in [-0.15, -0.1) is 11.3 Å². The number of methoxy groups -OCH3 is 1. The summed E-state index contributed by atoms with van der Waals surface area (Å²) in [6.45, 7) is 2.04. The molecule has 0 atom stereocenters. The maximum atomic E-state index is 9.44. The Morgan fingerprint density at radius 1 is 1.16 bits per heavy atom. The van der Waals surface area contributed by atoms with Gasteiger partial charge in [0.1, 0.15) is 22.4 Å². The Labute approximate surface area is 151 Å². The molecule has 1 N–H and O–H groups in total. The van der Waals surface area contributed by atoms with Crippen LogP contribution >= 0.6 is 11.3 Å². The highest BCUT2D eigenvalue weighted by Gasteiger charge is 2.09. The van der Waals surface area contributed by atoms with E-state index in [9.17, 15) is 5.26 Å². The Kier molecular flexibility index (Phi) is 5.12. The Bertz CT molecular complexity index is 919. The second kappa shape index (κ2) is 7.65. The lowest BCUT2D eigenvalue weighted by atomic mass is 10.2. The number of nitrogens with one attached hydrogen (secondary N) is 1. The summed E-state index contributed by atoms with van der Waals surface area (Å²) in [6, 6.07) is 17.9. The molecule has 0 aliphatic carbocycles. The number of aromatic nitrogens is 1. The van der Waals surface area contributed by atoms with Crippen LogP contribution in [-0.2, 0) is 0 Å². The molecule has 25 heavy (non-hydrogen) atoms. The van der Waals surface area contributed by atoms with Crippen LogP contribution in [0, 0.1) is 18.3 Å². The zero-order valence-corrected chi connectivity index (χ0v) is 14.8. The third kappa shape index (κ3) is 4.06. The van der Waals surface area contributed by atoms with Gasteiger partial charge in [-0.05, 0) is 43.3 Å². The number of benzene rings is 2. The minimum atomic E-state index is 0.505. The molecule has 1 aromatic heterocycles. The molecule has 4 nitrogen and oxygen atoms in total. The summed E-state index contributed by atoms with van der Waals surface area (Å²) in [5.74, 6) is 0.805. The minimum Gasteiger partial charge on any atom is -0.497 e. The topological polar surface area (TPSA) is 57.9 Å². The lowest BCUT2D eigenvalue weighted by Gasteiger charge is -2.02. The van der Waals surface area contributed by atoms with Gasteiger partial charge in [0.15, 0.2) is 0 Å². The van der Waals surface area contributed by atoms with Crippen LogP contribution in [0.1, 0.15) is 10.6 Å². The fraction of sp³-hybridized carbons (Fsp3) is 0.100. The average molecular weight is 347 g/mol. The van der Waals surface area contributed by atoms with Crippen LogP contribution in [0.3, 0.4) is 0 Å². The van der Waals surface area contributed by atoms with Gasteiger partial charge >= 0.3 is 0 Å². The van der Waals surface area contributed by atoms with E-state index in [2.05, 4.69) is 16.4 Å². The van der Waals surface area contributed by atoms with Crippen LogP contribution in [0.2, 0.25) is 0 Å². The number of anilines is 1. The van der Waals surface area contributed by atoms with E-state index in [0.29, 0.717) is 10.6 Å². The van der Waals surface area contributed by atoms with Crippen molar-refractivity contribution in [3.8, 4) is 23.1 Å². The lowest BCUT2D eigenvalue weighted by Crippen LogP contribution is -1.91. The molecule has 0 saturated carbocycles. The summed E-state index contributed by atoms with van der Waals surface area (Å²) in [5, 5.41) is 15.2. The number of hydrogen-bond acceptors (Lipinski definition) is 5. The van der Waals surface area contributed by atoms with Gasteiger partial charge in [-0.25, -0.2) is 4.98 Å². The van der Waals surface area contributed by atoms with Gasteiger partial charge in [-0.1, -0.05) is 17.7 Å². The molecule has 1 heterocycles. The first kappa shape index (κ1) is 16.7. The van der Waals surface area contributed by atoms with Crippen molar-refractivity contribution in [3.05, 3.63) is 70.7 Å². The van der Waals surface area contributed by atoms with Crippen molar-refractivity contribution < 1.29 is 4.74 Å². The van der Waals surface area contributed by atoms with E-state index in [0.717, 1.165) is 22.7 Å². The minimum absolute atomic E-state index is 0.505. The Morgan fingerprint density at radius 2 is 1.88 bits per heavy atom. The fourth-order valence-electron chi connectivity index (χ4n) is 2.24. The van der Waals surface area contributed by atoms with E-state index >= 15 is 0 Å². The molecule has 0 aliphatic heterocycles. The molecular weight excluding hydrogens is 330 g/mol. The van der Waals surface area contributed by atoms with Gasteiger partial charge in [0.2, 0.25) is 0 Å². The molecular formula is C20H17N3OS. The van der Waals surface area contributed by atoms with Crippen molar-refractivity contribution in [2.24, 2.45) is 0 Å². The summed E-state index contributed by atoms with van der Waals surface area (Å²) >= 11 is 1.45. The van der Waals surface area contributed by atoms with E-state index in [1.807, 2.05) is 60.8 Å². The quantitative estimate of drug-likeness (QED) is 0.652. The molecule has 0 spiro atoms. The predicted octanol–water partition coefficient (Wildman–Crippen LogP) is 5.10. The highest BCUT2D eigenvalue weighted by Crippen LogP contribution is 2.27. The predicted molar refractivity (Wildman–Crippen MR) is 102 cm³/mol. The van der Waals surface area contributed by atoms with Gasteiger partial charge < -0.3 is 10.1 Å². The maximum absolute atomic E-state index is 9.44. The number of thiazole rings is 1. The van der Waals surface area contributed by atoms with Gasteiger partial charge in [-0.2, -0.15) is 5.26 Å².